The maximum absolute atomic E-state index is 13.0. The second kappa shape index (κ2) is 12.5. The molecule has 0 saturated heterocycles. The van der Waals surface area contributed by atoms with Crippen molar-refractivity contribution in [2.75, 3.05) is 0 Å². The predicted octanol–water partition coefficient (Wildman–Crippen LogP) is 5.16. The molecule has 1 N–H and O–H groups in total. The number of nitrogens with zero attached hydrogens (tertiary/aromatic N) is 2. The number of nitriles is 2. The van der Waals surface area contributed by atoms with E-state index >= 15 is 0 Å². The van der Waals surface area contributed by atoms with Gasteiger partial charge >= 0.3 is 0 Å². The molecule has 0 aliphatic heterocycles. The Morgan fingerprint density at radius 3 is 2.09 bits per heavy atom. The fourth-order valence-corrected chi connectivity index (χ4v) is 3.21. The Hall–Kier alpha value is -4.29. The van der Waals surface area contributed by atoms with Crippen LogP contribution in [-0.2, 0) is 13.2 Å². The van der Waals surface area contributed by atoms with Crippen molar-refractivity contribution in [1.29, 1.82) is 10.5 Å². The maximum Gasteiger partial charge on any atom is 0.256 e. The molecule has 3 aromatic rings. The molecular formula is C27H25N3O3. The molecule has 0 aliphatic rings. The van der Waals surface area contributed by atoms with Crippen molar-refractivity contribution >= 4 is 5.91 Å². The zero-order valence-electron chi connectivity index (χ0n) is 18.2. The second-order valence-electron chi connectivity index (χ2n) is 7.39. The molecule has 0 spiro atoms. The summed E-state index contributed by atoms with van der Waals surface area (Å²) in [5, 5.41) is 20.9. The number of carbonyl (C=O) groups is 1. The molecule has 166 valence electrons. The van der Waals surface area contributed by atoms with Crippen LogP contribution in [0.15, 0.2) is 78.9 Å². The van der Waals surface area contributed by atoms with Gasteiger partial charge in [-0.15, -0.1) is 0 Å². The molecule has 3 rings (SSSR count). The minimum atomic E-state index is -0.693. The lowest BCUT2D eigenvalue weighted by atomic mass is 10.1. The molecule has 33 heavy (non-hydrogen) atoms. The first kappa shape index (κ1) is 23.4. The molecule has 0 saturated carbocycles. The average molecular weight is 440 g/mol. The second-order valence-corrected chi connectivity index (χ2v) is 7.39. The molecule has 3 aromatic carbocycles. The van der Waals surface area contributed by atoms with Gasteiger partial charge in [-0.05, 0) is 36.1 Å². The molecule has 0 unspecified atom stereocenters. The highest BCUT2D eigenvalue weighted by molar-refractivity contribution is 5.98. The summed E-state index contributed by atoms with van der Waals surface area (Å²) in [4.78, 5) is 13.0. The van der Waals surface area contributed by atoms with Gasteiger partial charge in [0.2, 0.25) is 0 Å². The molecule has 0 aromatic heterocycles. The Labute approximate surface area is 194 Å². The van der Waals surface area contributed by atoms with E-state index in [1.54, 1.807) is 18.2 Å². The van der Waals surface area contributed by atoms with Crippen LogP contribution < -0.4 is 14.8 Å². The van der Waals surface area contributed by atoms with Gasteiger partial charge < -0.3 is 14.8 Å². The van der Waals surface area contributed by atoms with E-state index in [2.05, 4.69) is 11.4 Å². The highest BCUT2D eigenvalue weighted by Gasteiger charge is 2.20. The van der Waals surface area contributed by atoms with Crippen LogP contribution in [0.1, 0.15) is 40.7 Å². The lowest BCUT2D eigenvalue weighted by Gasteiger charge is -2.18. The topological polar surface area (TPSA) is 95.1 Å². The number of unbranched alkanes of at least 4 members (excludes halogenated alkanes) is 1. The molecule has 0 heterocycles. The Bertz CT molecular complexity index is 1120. The van der Waals surface area contributed by atoms with E-state index < -0.39 is 11.9 Å². The first-order chi connectivity index (χ1) is 16.2. The van der Waals surface area contributed by atoms with E-state index in [4.69, 9.17) is 14.7 Å². The number of carbonyl (C=O) groups excluding carboxylic acids is 1. The largest absolute Gasteiger partial charge is 0.485 e. The standard InChI is InChI=1S/C27H25N3O3/c28-17-8-7-14-23(18-29)30-27(31)24-15-9-16-25(32-19-21-10-3-1-4-11-21)26(24)33-20-22-12-5-2-6-13-22/h1-6,9-13,15-16,23H,7-8,14,19-20H2,(H,30,31)/t23-/m0/s1. The van der Waals surface area contributed by atoms with Gasteiger partial charge in [-0.2, -0.15) is 10.5 Å². The summed E-state index contributed by atoms with van der Waals surface area (Å²) in [6, 6.07) is 27.9. The minimum absolute atomic E-state index is 0.261. The van der Waals surface area contributed by atoms with E-state index in [9.17, 15) is 10.1 Å². The highest BCUT2D eigenvalue weighted by Crippen LogP contribution is 2.33. The van der Waals surface area contributed by atoms with Gasteiger partial charge in [0, 0.05) is 6.42 Å². The summed E-state index contributed by atoms with van der Waals surface area (Å²) in [5.74, 6) is 0.343. The summed E-state index contributed by atoms with van der Waals surface area (Å²) in [6.07, 6.45) is 1.27. The molecule has 1 amide bonds. The van der Waals surface area contributed by atoms with Crippen LogP contribution in [0.2, 0.25) is 0 Å². The first-order valence-electron chi connectivity index (χ1n) is 10.7. The number of nitrogens with one attached hydrogen (secondary N) is 1. The van der Waals surface area contributed by atoms with E-state index in [1.807, 2.05) is 66.7 Å². The van der Waals surface area contributed by atoms with Crippen molar-refractivity contribution in [3.05, 3.63) is 95.6 Å². The minimum Gasteiger partial charge on any atom is -0.485 e. The molecule has 0 radical (unpaired) electrons. The first-order valence-corrected chi connectivity index (χ1v) is 10.7. The fourth-order valence-electron chi connectivity index (χ4n) is 3.21. The number of benzene rings is 3. The van der Waals surface area contributed by atoms with Crippen molar-refractivity contribution in [1.82, 2.24) is 5.32 Å². The van der Waals surface area contributed by atoms with Gasteiger partial charge in [0.05, 0.1) is 17.7 Å². The number of hydrogen-bond donors (Lipinski definition) is 1. The van der Waals surface area contributed by atoms with Crippen LogP contribution in [0.25, 0.3) is 0 Å². The van der Waals surface area contributed by atoms with Crippen LogP contribution in [-0.4, -0.2) is 11.9 Å². The molecule has 0 aliphatic carbocycles. The summed E-state index contributed by atoms with van der Waals surface area (Å²) >= 11 is 0. The summed E-state index contributed by atoms with van der Waals surface area (Å²) in [5.41, 5.74) is 2.23. The summed E-state index contributed by atoms with van der Waals surface area (Å²) in [6.45, 7) is 0.583. The van der Waals surface area contributed by atoms with Crippen molar-refractivity contribution in [2.45, 2.75) is 38.5 Å². The smallest absolute Gasteiger partial charge is 0.256 e. The highest BCUT2D eigenvalue weighted by atomic mass is 16.5. The van der Waals surface area contributed by atoms with Gasteiger partial charge in [0.15, 0.2) is 11.5 Å². The number of ether oxygens (including phenoxy) is 2. The van der Waals surface area contributed by atoms with E-state index in [1.165, 1.54) is 0 Å². The molecule has 1 atom stereocenters. The number of para-hydroxylation sites is 1. The van der Waals surface area contributed by atoms with Crippen molar-refractivity contribution in [2.24, 2.45) is 0 Å². The quantitative estimate of drug-likeness (QED) is 0.416. The lowest BCUT2D eigenvalue weighted by Crippen LogP contribution is -2.34. The Balaban J connectivity index is 1.82. The third-order valence-corrected chi connectivity index (χ3v) is 4.93. The third-order valence-electron chi connectivity index (χ3n) is 4.93. The average Bonchev–Trinajstić information content (AvgIpc) is 2.87. The Kier molecular flexibility index (Phi) is 8.88. The van der Waals surface area contributed by atoms with Crippen LogP contribution in [0, 0.1) is 22.7 Å². The monoisotopic (exact) mass is 439 g/mol. The molecular weight excluding hydrogens is 414 g/mol. The van der Waals surface area contributed by atoms with E-state index in [0.29, 0.717) is 37.4 Å². The van der Waals surface area contributed by atoms with Gasteiger partial charge in [-0.25, -0.2) is 0 Å². The molecule has 6 heteroatoms. The van der Waals surface area contributed by atoms with Gasteiger partial charge in [0.1, 0.15) is 19.3 Å². The van der Waals surface area contributed by atoms with Crippen molar-refractivity contribution in [3.8, 4) is 23.6 Å². The number of rotatable bonds is 11. The Morgan fingerprint density at radius 2 is 1.48 bits per heavy atom. The molecule has 6 nitrogen and oxygen atoms in total. The Morgan fingerprint density at radius 1 is 0.848 bits per heavy atom. The van der Waals surface area contributed by atoms with Crippen LogP contribution in [0.4, 0.5) is 0 Å². The molecule has 0 fully saturated rings. The van der Waals surface area contributed by atoms with Crippen LogP contribution in [0.5, 0.6) is 11.5 Å². The zero-order chi connectivity index (χ0) is 23.3. The van der Waals surface area contributed by atoms with Crippen LogP contribution in [0.3, 0.4) is 0 Å². The summed E-state index contributed by atoms with van der Waals surface area (Å²) in [7, 11) is 0. The lowest BCUT2D eigenvalue weighted by molar-refractivity contribution is 0.0938. The van der Waals surface area contributed by atoms with Gasteiger partial charge in [-0.3, -0.25) is 4.79 Å². The fraction of sp³-hybridized carbons (Fsp3) is 0.222. The summed E-state index contributed by atoms with van der Waals surface area (Å²) < 4.78 is 12.1. The molecule has 0 bridgehead atoms. The van der Waals surface area contributed by atoms with Crippen molar-refractivity contribution in [3.63, 3.8) is 0 Å². The van der Waals surface area contributed by atoms with E-state index in [-0.39, 0.29) is 12.2 Å². The normalized spacial score (nSPS) is 11.0. The van der Waals surface area contributed by atoms with E-state index in [0.717, 1.165) is 11.1 Å². The zero-order valence-corrected chi connectivity index (χ0v) is 18.2. The van der Waals surface area contributed by atoms with Gasteiger partial charge in [-0.1, -0.05) is 66.7 Å². The number of amides is 1. The SMILES string of the molecule is N#CCCC[C@@H](C#N)NC(=O)c1cccc(OCc2ccccc2)c1OCc1ccccc1. The predicted molar refractivity (Wildman–Crippen MR) is 124 cm³/mol. The van der Waals surface area contributed by atoms with Gasteiger partial charge in [0.25, 0.3) is 5.91 Å². The maximum atomic E-state index is 13.0. The van der Waals surface area contributed by atoms with Crippen LogP contribution >= 0.6 is 0 Å². The van der Waals surface area contributed by atoms with Crippen molar-refractivity contribution < 1.29 is 14.3 Å². The third kappa shape index (κ3) is 7.12. The number of hydrogen-bond acceptors (Lipinski definition) is 5.